The fourth-order valence-electron chi connectivity index (χ4n) is 2.55. The molecule has 0 bridgehead atoms. The number of nitrogens with one attached hydrogen (secondary N) is 1. The Hall–Kier alpha value is -0.610. The van der Waals surface area contributed by atoms with Crippen LogP contribution in [-0.2, 0) is 0 Å². The largest absolute Gasteiger partial charge is 0.390 e. The standard InChI is InChI=1S/C13H17BrFNO/c1-6-5-8(14)10(15)9-7(2)12(17)13(3,4)16-11(6)9/h5,7,12,16-17H,1-4H3/t7-,12+/m1/s1. The van der Waals surface area contributed by atoms with Crippen LogP contribution < -0.4 is 5.32 Å². The first-order valence-corrected chi connectivity index (χ1v) is 6.49. The van der Waals surface area contributed by atoms with Gasteiger partial charge in [0.25, 0.3) is 0 Å². The van der Waals surface area contributed by atoms with Crippen LogP contribution in [0.15, 0.2) is 10.5 Å². The van der Waals surface area contributed by atoms with Crippen LogP contribution in [0.3, 0.4) is 0 Å². The average Bonchev–Trinajstić information content (AvgIpc) is 2.22. The normalized spacial score (nSPS) is 26.3. The Labute approximate surface area is 109 Å². The molecule has 1 aromatic carbocycles. The Balaban J connectivity index is 2.69. The van der Waals surface area contributed by atoms with Gasteiger partial charge in [-0.3, -0.25) is 0 Å². The summed E-state index contributed by atoms with van der Waals surface area (Å²) in [5.74, 6) is -0.502. The quantitative estimate of drug-likeness (QED) is 0.768. The van der Waals surface area contributed by atoms with Crippen LogP contribution in [0.1, 0.15) is 37.8 Å². The maximum atomic E-state index is 14.1. The molecule has 1 heterocycles. The molecule has 4 heteroatoms. The second kappa shape index (κ2) is 3.95. The van der Waals surface area contributed by atoms with Crippen molar-refractivity contribution < 1.29 is 9.50 Å². The number of fused-ring (bicyclic) bond motifs is 1. The summed E-state index contributed by atoms with van der Waals surface area (Å²) in [5.41, 5.74) is 1.93. The smallest absolute Gasteiger partial charge is 0.143 e. The minimum Gasteiger partial charge on any atom is -0.390 e. The third kappa shape index (κ3) is 1.87. The van der Waals surface area contributed by atoms with E-state index in [0.29, 0.717) is 10.0 Å². The molecule has 0 spiro atoms. The van der Waals surface area contributed by atoms with Crippen molar-refractivity contribution >= 4 is 21.6 Å². The van der Waals surface area contributed by atoms with Crippen molar-refractivity contribution in [1.29, 1.82) is 0 Å². The predicted molar refractivity (Wildman–Crippen MR) is 71.0 cm³/mol. The Kier molecular flexibility index (Phi) is 2.99. The Morgan fingerprint density at radius 1 is 1.47 bits per heavy atom. The zero-order chi connectivity index (χ0) is 13.0. The molecule has 0 aromatic heterocycles. The zero-order valence-electron chi connectivity index (χ0n) is 10.4. The topological polar surface area (TPSA) is 32.3 Å². The van der Waals surface area contributed by atoms with E-state index in [0.717, 1.165) is 11.3 Å². The molecule has 0 saturated heterocycles. The monoisotopic (exact) mass is 301 g/mol. The number of benzene rings is 1. The maximum absolute atomic E-state index is 14.1. The fourth-order valence-corrected chi connectivity index (χ4v) is 3.11. The molecule has 2 rings (SSSR count). The van der Waals surface area contributed by atoms with Crippen molar-refractivity contribution in [3.05, 3.63) is 27.5 Å². The van der Waals surface area contributed by atoms with Gasteiger partial charge in [-0.2, -0.15) is 0 Å². The first-order chi connectivity index (χ1) is 7.75. The molecule has 2 N–H and O–H groups in total. The minimum absolute atomic E-state index is 0.225. The summed E-state index contributed by atoms with van der Waals surface area (Å²) < 4.78 is 14.6. The van der Waals surface area contributed by atoms with Crippen molar-refractivity contribution in [2.24, 2.45) is 0 Å². The van der Waals surface area contributed by atoms with Crippen LogP contribution in [0.4, 0.5) is 10.1 Å². The average molecular weight is 302 g/mol. The highest BCUT2D eigenvalue weighted by Gasteiger charge is 2.40. The summed E-state index contributed by atoms with van der Waals surface area (Å²) in [5, 5.41) is 13.5. The van der Waals surface area contributed by atoms with Crippen LogP contribution in [0.5, 0.6) is 0 Å². The minimum atomic E-state index is -0.613. The maximum Gasteiger partial charge on any atom is 0.143 e. The lowest BCUT2D eigenvalue weighted by atomic mass is 9.78. The van der Waals surface area contributed by atoms with Crippen LogP contribution in [-0.4, -0.2) is 16.7 Å². The SMILES string of the molecule is Cc1cc(Br)c(F)c2c1NC(C)(C)[C@@H](O)[C@@H]2C. The summed E-state index contributed by atoms with van der Waals surface area (Å²) in [4.78, 5) is 0. The number of hydrogen-bond acceptors (Lipinski definition) is 2. The summed E-state index contributed by atoms with van der Waals surface area (Å²) in [6.45, 7) is 7.66. The summed E-state index contributed by atoms with van der Waals surface area (Å²) >= 11 is 3.22. The van der Waals surface area contributed by atoms with Crippen LogP contribution in [0.2, 0.25) is 0 Å². The zero-order valence-corrected chi connectivity index (χ0v) is 12.0. The van der Waals surface area contributed by atoms with Gasteiger partial charge in [-0.05, 0) is 48.3 Å². The Bertz CT molecular complexity index is 473. The van der Waals surface area contributed by atoms with E-state index >= 15 is 0 Å². The van der Waals surface area contributed by atoms with Crippen LogP contribution in [0.25, 0.3) is 0 Å². The first kappa shape index (κ1) is 12.8. The lowest BCUT2D eigenvalue weighted by molar-refractivity contribution is 0.0854. The molecule has 2 atom stereocenters. The second-order valence-corrected chi connectivity index (χ2v) is 6.21. The van der Waals surface area contributed by atoms with Crippen molar-refractivity contribution in [3.63, 3.8) is 0 Å². The molecule has 0 fully saturated rings. The van der Waals surface area contributed by atoms with Crippen LogP contribution >= 0.6 is 15.9 Å². The number of aryl methyl sites for hydroxylation is 1. The van der Waals surface area contributed by atoms with Crippen molar-refractivity contribution in [3.8, 4) is 0 Å². The number of rotatable bonds is 0. The van der Waals surface area contributed by atoms with Gasteiger partial charge in [-0.15, -0.1) is 0 Å². The molecule has 2 nitrogen and oxygen atoms in total. The van der Waals surface area contributed by atoms with Gasteiger partial charge in [0.05, 0.1) is 16.1 Å². The van der Waals surface area contributed by atoms with Crippen LogP contribution in [0, 0.1) is 12.7 Å². The third-order valence-corrected chi connectivity index (χ3v) is 4.15. The van der Waals surface area contributed by atoms with E-state index in [-0.39, 0.29) is 11.7 Å². The van der Waals surface area contributed by atoms with Crippen molar-refractivity contribution in [2.75, 3.05) is 5.32 Å². The van der Waals surface area contributed by atoms with Crippen molar-refractivity contribution in [2.45, 2.75) is 45.3 Å². The highest BCUT2D eigenvalue weighted by Crippen LogP contribution is 2.43. The predicted octanol–water partition coefficient (Wildman–Crippen LogP) is 3.57. The molecule has 1 aliphatic rings. The molecule has 1 aliphatic heterocycles. The molecule has 0 amide bonds. The highest BCUT2D eigenvalue weighted by molar-refractivity contribution is 9.10. The molecule has 1 aromatic rings. The van der Waals surface area contributed by atoms with E-state index in [1.54, 1.807) is 6.07 Å². The molecular formula is C13H17BrFNO. The van der Waals surface area contributed by atoms with Gasteiger partial charge in [-0.25, -0.2) is 4.39 Å². The van der Waals surface area contributed by atoms with Gasteiger partial charge in [0.1, 0.15) is 5.82 Å². The number of aliphatic hydroxyl groups excluding tert-OH is 1. The van der Waals surface area contributed by atoms with Gasteiger partial charge >= 0.3 is 0 Å². The lowest BCUT2D eigenvalue weighted by Gasteiger charge is -2.43. The van der Waals surface area contributed by atoms with Crippen molar-refractivity contribution in [1.82, 2.24) is 0 Å². The molecule has 0 unspecified atom stereocenters. The first-order valence-electron chi connectivity index (χ1n) is 5.70. The molecular weight excluding hydrogens is 285 g/mol. The van der Waals surface area contributed by atoms with E-state index in [2.05, 4.69) is 21.2 Å². The van der Waals surface area contributed by atoms with Gasteiger partial charge in [-0.1, -0.05) is 6.92 Å². The van der Waals surface area contributed by atoms with E-state index < -0.39 is 11.6 Å². The summed E-state index contributed by atoms with van der Waals surface area (Å²) in [6.07, 6.45) is -0.613. The fraction of sp³-hybridized carbons (Fsp3) is 0.538. The molecule has 0 saturated carbocycles. The number of anilines is 1. The number of hydrogen-bond donors (Lipinski definition) is 2. The van der Waals surface area contributed by atoms with E-state index in [4.69, 9.17) is 0 Å². The molecule has 0 radical (unpaired) electrons. The third-order valence-electron chi connectivity index (χ3n) is 3.57. The van der Waals surface area contributed by atoms with E-state index in [1.165, 1.54) is 0 Å². The van der Waals surface area contributed by atoms with E-state index in [9.17, 15) is 9.50 Å². The second-order valence-electron chi connectivity index (χ2n) is 5.36. The Morgan fingerprint density at radius 2 is 2.06 bits per heavy atom. The van der Waals surface area contributed by atoms with Gasteiger partial charge in [0.15, 0.2) is 0 Å². The molecule has 17 heavy (non-hydrogen) atoms. The lowest BCUT2D eigenvalue weighted by Crippen LogP contribution is -2.50. The van der Waals surface area contributed by atoms with Gasteiger partial charge in [0.2, 0.25) is 0 Å². The number of halogens is 2. The Morgan fingerprint density at radius 3 is 2.65 bits per heavy atom. The summed E-state index contributed by atoms with van der Waals surface area (Å²) in [6, 6.07) is 1.77. The van der Waals surface area contributed by atoms with E-state index in [1.807, 2.05) is 27.7 Å². The van der Waals surface area contributed by atoms with Gasteiger partial charge in [0, 0.05) is 17.2 Å². The summed E-state index contributed by atoms with van der Waals surface area (Å²) in [7, 11) is 0. The number of aliphatic hydroxyl groups is 1. The highest BCUT2D eigenvalue weighted by atomic mass is 79.9. The van der Waals surface area contributed by atoms with Gasteiger partial charge < -0.3 is 10.4 Å². The molecule has 0 aliphatic carbocycles. The molecule has 94 valence electrons.